The summed E-state index contributed by atoms with van der Waals surface area (Å²) in [5.74, 6) is 2.65. The Hall–Kier alpha value is -2.95. The summed E-state index contributed by atoms with van der Waals surface area (Å²) in [4.78, 5) is 4.70. The standard InChI is InChI=1S/C24H31NO4/c1-6-7-11-27-22-15-19(3)24(20(4)16-22)29-13-8-12-28-23-10-9-21(14-18(23)2)17-25-26-5/h6-7,9-10,14-17H,8,11-13H2,1-5H3/b7-6+,25-17+. The number of rotatable bonds is 11. The minimum Gasteiger partial charge on any atom is -0.493 e. The number of hydrogen-bond donors (Lipinski definition) is 0. The third-order valence-electron chi connectivity index (χ3n) is 4.31. The maximum atomic E-state index is 6.00. The van der Waals surface area contributed by atoms with Crippen molar-refractivity contribution in [3.05, 3.63) is 64.7 Å². The molecule has 0 atom stereocenters. The molecule has 0 bridgehead atoms. The first-order valence-electron chi connectivity index (χ1n) is 9.83. The highest BCUT2D eigenvalue weighted by molar-refractivity contribution is 5.79. The normalized spacial score (nSPS) is 11.2. The van der Waals surface area contributed by atoms with Crippen molar-refractivity contribution in [2.24, 2.45) is 5.16 Å². The van der Waals surface area contributed by atoms with Gasteiger partial charge >= 0.3 is 0 Å². The van der Waals surface area contributed by atoms with E-state index in [1.54, 1.807) is 6.21 Å². The third-order valence-corrected chi connectivity index (χ3v) is 4.31. The van der Waals surface area contributed by atoms with E-state index in [-0.39, 0.29) is 0 Å². The van der Waals surface area contributed by atoms with Gasteiger partial charge in [-0.05, 0) is 80.3 Å². The van der Waals surface area contributed by atoms with Crippen molar-refractivity contribution >= 4 is 6.21 Å². The Morgan fingerprint density at radius 3 is 2.28 bits per heavy atom. The van der Waals surface area contributed by atoms with E-state index >= 15 is 0 Å². The van der Waals surface area contributed by atoms with Gasteiger partial charge in [0.2, 0.25) is 0 Å². The maximum Gasteiger partial charge on any atom is 0.125 e. The summed E-state index contributed by atoms with van der Waals surface area (Å²) < 4.78 is 17.6. The van der Waals surface area contributed by atoms with Crippen molar-refractivity contribution in [3.63, 3.8) is 0 Å². The molecule has 0 aliphatic rings. The number of ether oxygens (including phenoxy) is 3. The lowest BCUT2D eigenvalue weighted by Crippen LogP contribution is -2.07. The van der Waals surface area contributed by atoms with Gasteiger partial charge in [-0.15, -0.1) is 0 Å². The van der Waals surface area contributed by atoms with Crippen molar-refractivity contribution in [2.75, 3.05) is 26.9 Å². The fourth-order valence-electron chi connectivity index (χ4n) is 2.91. The topological polar surface area (TPSA) is 49.3 Å². The fourth-order valence-corrected chi connectivity index (χ4v) is 2.91. The van der Waals surface area contributed by atoms with Crippen LogP contribution >= 0.6 is 0 Å². The van der Waals surface area contributed by atoms with E-state index in [2.05, 4.69) is 5.16 Å². The van der Waals surface area contributed by atoms with Gasteiger partial charge in [-0.3, -0.25) is 0 Å². The molecule has 0 fully saturated rings. The minimum atomic E-state index is 0.576. The molecule has 2 rings (SSSR count). The molecule has 0 spiro atoms. The van der Waals surface area contributed by atoms with Gasteiger partial charge in [-0.1, -0.05) is 17.3 Å². The lowest BCUT2D eigenvalue weighted by atomic mass is 10.1. The zero-order chi connectivity index (χ0) is 21.1. The summed E-state index contributed by atoms with van der Waals surface area (Å²) in [6, 6.07) is 9.95. The van der Waals surface area contributed by atoms with E-state index in [1.165, 1.54) is 7.11 Å². The van der Waals surface area contributed by atoms with Gasteiger partial charge in [0.05, 0.1) is 19.4 Å². The lowest BCUT2D eigenvalue weighted by Gasteiger charge is -2.15. The van der Waals surface area contributed by atoms with E-state index in [4.69, 9.17) is 19.0 Å². The summed E-state index contributed by atoms with van der Waals surface area (Å²) in [5.41, 5.74) is 4.19. The largest absolute Gasteiger partial charge is 0.493 e. The van der Waals surface area contributed by atoms with Crippen LogP contribution in [0.3, 0.4) is 0 Å². The molecule has 156 valence electrons. The molecule has 0 aliphatic heterocycles. The van der Waals surface area contributed by atoms with Gasteiger partial charge in [0.1, 0.15) is 31.0 Å². The predicted molar refractivity (Wildman–Crippen MR) is 118 cm³/mol. The molecule has 29 heavy (non-hydrogen) atoms. The Morgan fingerprint density at radius 2 is 1.62 bits per heavy atom. The molecule has 0 heterocycles. The molecule has 0 aliphatic carbocycles. The van der Waals surface area contributed by atoms with Crippen molar-refractivity contribution < 1.29 is 19.0 Å². The quantitative estimate of drug-likeness (QED) is 0.221. The molecule has 5 nitrogen and oxygen atoms in total. The molecule has 2 aromatic carbocycles. The molecule has 0 radical (unpaired) electrons. The molecule has 5 heteroatoms. The second-order valence-electron chi connectivity index (χ2n) is 6.76. The van der Waals surface area contributed by atoms with Crippen LogP contribution in [0, 0.1) is 20.8 Å². The second kappa shape index (κ2) is 11.8. The van der Waals surface area contributed by atoms with Crippen LogP contribution in [0.25, 0.3) is 0 Å². The summed E-state index contributed by atoms with van der Waals surface area (Å²) >= 11 is 0. The SMILES string of the molecule is C/C=C/COc1cc(C)c(OCCCOc2ccc(/C=N/OC)cc2C)c(C)c1. The molecule has 0 amide bonds. The zero-order valence-electron chi connectivity index (χ0n) is 18.0. The highest BCUT2D eigenvalue weighted by Gasteiger charge is 2.08. The van der Waals surface area contributed by atoms with E-state index in [0.717, 1.165) is 45.9 Å². The summed E-state index contributed by atoms with van der Waals surface area (Å²) in [6.07, 6.45) is 6.43. The van der Waals surface area contributed by atoms with Crippen LogP contribution in [-0.4, -0.2) is 33.1 Å². The smallest absolute Gasteiger partial charge is 0.125 e. The number of aryl methyl sites for hydroxylation is 3. The Morgan fingerprint density at radius 1 is 0.897 bits per heavy atom. The van der Waals surface area contributed by atoms with Gasteiger partial charge < -0.3 is 19.0 Å². The van der Waals surface area contributed by atoms with Crippen molar-refractivity contribution in [1.82, 2.24) is 0 Å². The number of hydrogen-bond acceptors (Lipinski definition) is 5. The second-order valence-corrected chi connectivity index (χ2v) is 6.76. The van der Waals surface area contributed by atoms with Gasteiger partial charge in [0, 0.05) is 6.42 Å². The monoisotopic (exact) mass is 397 g/mol. The van der Waals surface area contributed by atoms with Gasteiger partial charge in [0.25, 0.3) is 0 Å². The van der Waals surface area contributed by atoms with Gasteiger partial charge in [0.15, 0.2) is 0 Å². The molecular weight excluding hydrogens is 366 g/mol. The third kappa shape index (κ3) is 7.18. The van der Waals surface area contributed by atoms with Crippen LogP contribution in [0.4, 0.5) is 0 Å². The first-order chi connectivity index (χ1) is 14.0. The van der Waals surface area contributed by atoms with E-state index < -0.39 is 0 Å². The van der Waals surface area contributed by atoms with Crippen LogP contribution in [0.1, 0.15) is 35.6 Å². The van der Waals surface area contributed by atoms with Gasteiger partial charge in [-0.25, -0.2) is 0 Å². The van der Waals surface area contributed by atoms with E-state index in [0.29, 0.717) is 19.8 Å². The van der Waals surface area contributed by atoms with Crippen molar-refractivity contribution in [1.29, 1.82) is 0 Å². The Balaban J connectivity index is 1.81. The molecule has 0 aromatic heterocycles. The highest BCUT2D eigenvalue weighted by Crippen LogP contribution is 2.28. The van der Waals surface area contributed by atoms with Crippen LogP contribution in [-0.2, 0) is 4.84 Å². The summed E-state index contributed by atoms with van der Waals surface area (Å²) in [7, 11) is 1.53. The molecule has 0 unspecified atom stereocenters. The van der Waals surface area contributed by atoms with E-state index in [9.17, 15) is 0 Å². The maximum absolute atomic E-state index is 6.00. The number of allylic oxidation sites excluding steroid dienone is 1. The van der Waals surface area contributed by atoms with Crippen molar-refractivity contribution in [2.45, 2.75) is 34.1 Å². The number of benzene rings is 2. The first kappa shape index (κ1) is 22.3. The minimum absolute atomic E-state index is 0.576. The van der Waals surface area contributed by atoms with Crippen LogP contribution in [0.2, 0.25) is 0 Å². The summed E-state index contributed by atoms with van der Waals surface area (Å²) in [6.45, 7) is 9.84. The first-order valence-corrected chi connectivity index (χ1v) is 9.83. The molecular formula is C24H31NO4. The zero-order valence-corrected chi connectivity index (χ0v) is 18.0. The van der Waals surface area contributed by atoms with Crippen LogP contribution in [0.15, 0.2) is 47.6 Å². The molecule has 0 saturated heterocycles. The van der Waals surface area contributed by atoms with Crippen LogP contribution in [0.5, 0.6) is 17.2 Å². The fraction of sp³-hybridized carbons (Fsp3) is 0.375. The van der Waals surface area contributed by atoms with Crippen LogP contribution < -0.4 is 14.2 Å². The molecule has 0 saturated carbocycles. The Kier molecular flexibility index (Phi) is 9.09. The average molecular weight is 398 g/mol. The molecule has 2 aromatic rings. The number of nitrogens with zero attached hydrogens (tertiary/aromatic N) is 1. The lowest BCUT2D eigenvalue weighted by molar-refractivity contribution is 0.215. The van der Waals surface area contributed by atoms with Gasteiger partial charge in [-0.2, -0.15) is 0 Å². The summed E-state index contributed by atoms with van der Waals surface area (Å²) in [5, 5.41) is 3.77. The predicted octanol–water partition coefficient (Wildman–Crippen LogP) is 5.39. The Labute approximate surface area is 173 Å². The average Bonchev–Trinajstić information content (AvgIpc) is 2.69. The van der Waals surface area contributed by atoms with Crippen molar-refractivity contribution in [3.8, 4) is 17.2 Å². The number of oxime groups is 1. The van der Waals surface area contributed by atoms with E-state index in [1.807, 2.05) is 70.2 Å². The Bertz CT molecular complexity index is 820. The molecule has 0 N–H and O–H groups in total. The highest BCUT2D eigenvalue weighted by atomic mass is 16.6.